The van der Waals surface area contributed by atoms with Gasteiger partial charge in [-0.25, -0.2) is 38.9 Å². The van der Waals surface area contributed by atoms with Crippen LogP contribution in [0, 0.1) is 0 Å². The molecule has 8 aromatic rings. The number of aromatic nitrogens is 16. The summed E-state index contributed by atoms with van der Waals surface area (Å²) >= 11 is 0. The normalized spacial score (nSPS) is 10.8. The predicted octanol–water partition coefficient (Wildman–Crippen LogP) is -4.61. The number of aryl methyl sites for hydroxylation is 4. The third-order valence-electron chi connectivity index (χ3n) is 7.05. The highest BCUT2D eigenvalue weighted by Crippen LogP contribution is 2.07. The Balaban J connectivity index is 0.000000130. The smallest absolute Gasteiger partial charge is 0.348 e. The summed E-state index contributed by atoms with van der Waals surface area (Å²) in [7, 11) is 8.04. The van der Waals surface area contributed by atoms with Gasteiger partial charge in [-0.15, -0.1) is 0 Å². The van der Waals surface area contributed by atoms with E-state index in [0.29, 0.717) is 33.5 Å². The highest BCUT2D eigenvalue weighted by molar-refractivity contribution is 5.80. The van der Waals surface area contributed by atoms with Crippen molar-refractivity contribution in [3.05, 3.63) is 102 Å². The molecule has 0 unspecified atom stereocenters. The van der Waals surface area contributed by atoms with Gasteiger partial charge < -0.3 is 19.9 Å². The lowest BCUT2D eigenvalue weighted by Crippen LogP contribution is -2.37. The highest BCUT2D eigenvalue weighted by Gasteiger charge is 2.12. The van der Waals surface area contributed by atoms with Gasteiger partial charge in [0.05, 0.1) is 19.0 Å². The van der Waals surface area contributed by atoms with Crippen molar-refractivity contribution >= 4 is 50.5 Å². The molecule has 8 aromatic heterocycles. The van der Waals surface area contributed by atoms with Crippen molar-refractivity contribution in [3.8, 4) is 0 Å². The standard InChI is InChI=1S/C8H10N4O2.C7H8N4O2.C5H5N5O.C5H4N4O3/c1-10-4-9-6-5(10)7(13)12(3)8(14)11(6)2;1-10-3-8-5-4(10)6(12)9-7(13)11(5)2;6-3-2-4(8-1-7-2)10-5(11)9-3;10-3-1-2(7-4(11)6-1)8-5(12)9-3/h4H,1-3H3;3H,1-2H3,(H,9,12,13);1H,(H4,6,7,8,9,10,11);(H4,6,7,8,9,10,11,12). The zero-order valence-corrected chi connectivity index (χ0v) is 26.6. The molecule has 0 spiro atoms. The van der Waals surface area contributed by atoms with Gasteiger partial charge in [-0.3, -0.25) is 58.0 Å². The number of H-pyrrole nitrogens is 7. The fourth-order valence-corrected chi connectivity index (χ4v) is 4.56. The number of nitrogens with zero attached hydrogens (tertiary/aromatic N) is 9. The topological polar surface area (TPSA) is 349 Å². The van der Waals surface area contributed by atoms with Gasteiger partial charge >= 0.3 is 28.4 Å². The molecule has 0 fully saturated rings. The van der Waals surface area contributed by atoms with Gasteiger partial charge in [0.2, 0.25) is 0 Å². The van der Waals surface area contributed by atoms with Crippen LogP contribution in [0.15, 0.2) is 57.3 Å². The van der Waals surface area contributed by atoms with Crippen molar-refractivity contribution in [2.75, 3.05) is 5.73 Å². The number of hydrogen-bond donors (Lipinski definition) is 8. The molecule has 0 atom stereocenters. The van der Waals surface area contributed by atoms with E-state index in [0.717, 1.165) is 4.57 Å². The molecule has 0 amide bonds. The van der Waals surface area contributed by atoms with Crippen molar-refractivity contribution in [2.45, 2.75) is 0 Å². The van der Waals surface area contributed by atoms with Crippen LogP contribution in [0.1, 0.15) is 0 Å². The van der Waals surface area contributed by atoms with Crippen LogP contribution >= 0.6 is 0 Å². The summed E-state index contributed by atoms with van der Waals surface area (Å²) in [6.45, 7) is 0. The maximum Gasteiger partial charge on any atom is 0.348 e. The number of imidazole rings is 4. The Kier molecular flexibility index (Phi) is 8.70. The largest absolute Gasteiger partial charge is 0.383 e. The zero-order valence-electron chi connectivity index (χ0n) is 26.6. The first-order chi connectivity index (χ1) is 23.6. The predicted molar refractivity (Wildman–Crippen MR) is 177 cm³/mol. The van der Waals surface area contributed by atoms with Gasteiger partial charge in [-0.2, -0.15) is 4.98 Å². The first-order valence-corrected chi connectivity index (χ1v) is 13.9. The molecule has 0 aliphatic carbocycles. The van der Waals surface area contributed by atoms with E-state index in [1.54, 1.807) is 37.3 Å². The Morgan fingerprint density at radius 1 is 0.620 bits per heavy atom. The monoisotopic (exact) mass is 693 g/mol. The van der Waals surface area contributed by atoms with E-state index in [9.17, 15) is 38.4 Å². The fraction of sp³-hybridized carbons (Fsp3) is 0.200. The van der Waals surface area contributed by atoms with Gasteiger partial charge in [-0.05, 0) is 0 Å². The molecule has 25 nitrogen and oxygen atoms in total. The molecule has 8 heterocycles. The lowest BCUT2D eigenvalue weighted by molar-refractivity contribution is 0.705. The maximum absolute atomic E-state index is 11.7. The summed E-state index contributed by atoms with van der Waals surface area (Å²) in [5, 5.41) is 0. The van der Waals surface area contributed by atoms with Gasteiger partial charge in [0, 0.05) is 35.2 Å². The van der Waals surface area contributed by atoms with Crippen LogP contribution in [0.25, 0.3) is 44.7 Å². The molecule has 0 saturated carbocycles. The average Bonchev–Trinajstić information content (AvgIpc) is 3.85. The molecule has 8 rings (SSSR count). The number of rotatable bonds is 0. The Bertz CT molecular complexity index is 3040. The van der Waals surface area contributed by atoms with Crippen LogP contribution in [-0.4, -0.2) is 77.7 Å². The second kappa shape index (κ2) is 12.9. The van der Waals surface area contributed by atoms with E-state index in [2.05, 4.69) is 49.8 Å². The lowest BCUT2D eigenvalue weighted by atomic mass is 10.5. The number of nitrogens with one attached hydrogen (secondary N) is 7. The van der Waals surface area contributed by atoms with Gasteiger partial charge in [0.1, 0.15) is 22.5 Å². The van der Waals surface area contributed by atoms with Crippen LogP contribution in [0.3, 0.4) is 0 Å². The van der Waals surface area contributed by atoms with E-state index in [1.165, 1.54) is 35.2 Å². The van der Waals surface area contributed by atoms with Crippen molar-refractivity contribution < 1.29 is 0 Å². The quantitative estimate of drug-likeness (QED) is 0.0742. The van der Waals surface area contributed by atoms with Gasteiger partial charge in [0.15, 0.2) is 28.0 Å². The van der Waals surface area contributed by atoms with E-state index in [4.69, 9.17) is 5.73 Å². The Labute approximate surface area is 271 Å². The Morgan fingerprint density at radius 3 is 1.88 bits per heavy atom. The first-order valence-electron chi connectivity index (χ1n) is 13.9. The number of nitrogens with two attached hydrogens (primary N) is 1. The molecule has 25 heteroatoms. The summed E-state index contributed by atoms with van der Waals surface area (Å²) in [6.07, 6.45) is 4.45. The number of aromatic amines is 7. The van der Waals surface area contributed by atoms with Crippen molar-refractivity contribution in [1.82, 2.24) is 77.7 Å². The van der Waals surface area contributed by atoms with Crippen molar-refractivity contribution in [3.63, 3.8) is 0 Å². The molecule has 0 saturated heterocycles. The number of anilines is 1. The minimum atomic E-state index is -0.650. The average molecular weight is 694 g/mol. The van der Waals surface area contributed by atoms with Crippen LogP contribution in [0.5, 0.6) is 0 Å². The van der Waals surface area contributed by atoms with Crippen LogP contribution in [0.2, 0.25) is 0 Å². The van der Waals surface area contributed by atoms with Crippen LogP contribution < -0.4 is 50.9 Å². The molecule has 0 radical (unpaired) electrons. The number of nitrogen functional groups attached to an aromatic ring is 1. The zero-order chi connectivity index (χ0) is 36.6. The first kappa shape index (κ1) is 33.8. The van der Waals surface area contributed by atoms with E-state index in [1.807, 2.05) is 4.98 Å². The van der Waals surface area contributed by atoms with Gasteiger partial charge in [-0.1, -0.05) is 0 Å². The molecular weight excluding hydrogens is 666 g/mol. The Hall–Kier alpha value is -7.60. The minimum absolute atomic E-state index is 0.0413. The van der Waals surface area contributed by atoms with E-state index < -0.39 is 33.9 Å². The third-order valence-corrected chi connectivity index (χ3v) is 7.05. The van der Waals surface area contributed by atoms with Crippen LogP contribution in [0.4, 0.5) is 5.82 Å². The van der Waals surface area contributed by atoms with Crippen molar-refractivity contribution in [2.24, 2.45) is 35.2 Å². The second-order valence-electron chi connectivity index (χ2n) is 10.4. The molecule has 260 valence electrons. The lowest BCUT2D eigenvalue weighted by Gasteiger charge is -2.02. The number of hydrogen-bond acceptors (Lipinski definition) is 13. The second-order valence-corrected chi connectivity index (χ2v) is 10.4. The summed E-state index contributed by atoms with van der Waals surface area (Å²) in [6, 6.07) is 0. The molecule has 0 aromatic carbocycles. The van der Waals surface area contributed by atoms with Crippen LogP contribution in [-0.2, 0) is 35.2 Å². The Morgan fingerprint density at radius 2 is 1.22 bits per heavy atom. The summed E-state index contributed by atoms with van der Waals surface area (Å²) in [5.41, 5.74) is 4.33. The van der Waals surface area contributed by atoms with Gasteiger partial charge in [0.25, 0.3) is 16.7 Å². The molecular formula is C25H27N17O8. The van der Waals surface area contributed by atoms with E-state index >= 15 is 0 Å². The fourth-order valence-electron chi connectivity index (χ4n) is 4.56. The highest BCUT2D eigenvalue weighted by atomic mass is 16.2. The minimum Gasteiger partial charge on any atom is -0.383 e. The maximum atomic E-state index is 11.7. The van der Waals surface area contributed by atoms with Crippen molar-refractivity contribution in [1.29, 1.82) is 0 Å². The summed E-state index contributed by atoms with van der Waals surface area (Å²) in [5.74, 6) is 0.262. The molecule has 50 heavy (non-hydrogen) atoms. The third kappa shape index (κ3) is 6.22. The summed E-state index contributed by atoms with van der Waals surface area (Å²) in [4.78, 5) is 120. The van der Waals surface area contributed by atoms with E-state index in [-0.39, 0.29) is 28.2 Å². The number of fused-ring (bicyclic) bond motifs is 4. The molecule has 9 N–H and O–H groups in total. The SMILES string of the molecule is Cn1c(=O)c2c(ncn2C)n(C)c1=O.Cn1cnc2c1c(=O)[nH]c(=O)n2C.Nc1[nH]c(=O)nc2nc[nH]c12.O=c1[nH]c(=O)c2[nH]c(=O)[nH]c2[nH]1. The summed E-state index contributed by atoms with van der Waals surface area (Å²) < 4.78 is 6.92. The molecule has 0 bridgehead atoms. The molecule has 0 aliphatic rings. The molecule has 0 aliphatic heterocycles.